The summed E-state index contributed by atoms with van der Waals surface area (Å²) in [6.07, 6.45) is 3.53. The van der Waals surface area contributed by atoms with Gasteiger partial charge in [0, 0.05) is 45.4 Å². The summed E-state index contributed by atoms with van der Waals surface area (Å²) in [5.74, 6) is 0.436. The Kier molecular flexibility index (Phi) is 11.3. The van der Waals surface area contributed by atoms with Crippen LogP contribution in [0.1, 0.15) is 46.5 Å². The third-order valence-electron chi connectivity index (χ3n) is 8.09. The molecule has 0 aliphatic carbocycles. The number of hydrogen-bond donors (Lipinski definition) is 6. The second-order valence-corrected chi connectivity index (χ2v) is 11.2. The van der Waals surface area contributed by atoms with Crippen LogP contribution in [0.2, 0.25) is 0 Å². The van der Waals surface area contributed by atoms with Crippen molar-refractivity contribution in [2.24, 2.45) is 29.2 Å². The van der Waals surface area contributed by atoms with Crippen LogP contribution in [0.25, 0.3) is 0 Å². The molecular formula is C24H49ClN8O. The molecule has 198 valence electrons. The molecule has 34 heavy (non-hydrogen) atoms. The molecule has 0 aromatic heterocycles. The lowest BCUT2D eigenvalue weighted by Crippen LogP contribution is -2.69. The third-order valence-corrected chi connectivity index (χ3v) is 8.38. The Bertz CT molecular complexity index is 620. The minimum atomic E-state index is -0.758. The van der Waals surface area contributed by atoms with Gasteiger partial charge in [-0.25, -0.2) is 0 Å². The molecule has 0 radical (unpaired) electrons. The Labute approximate surface area is 211 Å². The number of hydrogen-bond acceptors (Lipinski definition) is 8. The van der Waals surface area contributed by atoms with Gasteiger partial charge in [-0.2, -0.15) is 0 Å². The second-order valence-electron chi connectivity index (χ2n) is 10.5. The summed E-state index contributed by atoms with van der Waals surface area (Å²) >= 11 is 6.47. The molecule has 10 heteroatoms. The number of piperidine rings is 1. The van der Waals surface area contributed by atoms with E-state index in [0.717, 1.165) is 71.6 Å². The molecule has 0 spiro atoms. The predicted octanol–water partition coefficient (Wildman–Crippen LogP) is -0.143. The van der Waals surface area contributed by atoms with Gasteiger partial charge in [0.15, 0.2) is 0 Å². The van der Waals surface area contributed by atoms with Crippen molar-refractivity contribution in [3.8, 4) is 0 Å². The first-order chi connectivity index (χ1) is 16.4. The van der Waals surface area contributed by atoms with Crippen molar-refractivity contribution in [1.29, 1.82) is 0 Å². The van der Waals surface area contributed by atoms with Gasteiger partial charge in [0.2, 0.25) is 5.91 Å². The van der Waals surface area contributed by atoms with Crippen LogP contribution in [0.15, 0.2) is 0 Å². The van der Waals surface area contributed by atoms with Gasteiger partial charge in [-0.3, -0.25) is 19.9 Å². The highest BCUT2D eigenvalue weighted by Crippen LogP contribution is 2.28. The molecule has 3 fully saturated rings. The summed E-state index contributed by atoms with van der Waals surface area (Å²) in [5, 5.41) is 14.0. The molecule has 0 bridgehead atoms. The lowest BCUT2D eigenvalue weighted by Gasteiger charge is -2.47. The number of carbonyl (C=O) groups excluding carboxylic acids is 1. The first kappa shape index (κ1) is 28.1. The van der Waals surface area contributed by atoms with Crippen LogP contribution in [0.4, 0.5) is 0 Å². The van der Waals surface area contributed by atoms with Crippen molar-refractivity contribution >= 4 is 17.5 Å². The van der Waals surface area contributed by atoms with Crippen molar-refractivity contribution in [2.75, 3.05) is 52.5 Å². The molecule has 3 saturated heterocycles. The van der Waals surface area contributed by atoms with Gasteiger partial charge in [-0.1, -0.05) is 40.0 Å². The van der Waals surface area contributed by atoms with Crippen LogP contribution in [-0.4, -0.2) is 98.0 Å². The molecule has 9 nitrogen and oxygen atoms in total. The van der Waals surface area contributed by atoms with Crippen LogP contribution in [0.5, 0.6) is 0 Å². The number of amides is 1. The van der Waals surface area contributed by atoms with E-state index in [1.165, 1.54) is 0 Å². The van der Waals surface area contributed by atoms with Crippen LogP contribution >= 0.6 is 11.6 Å². The Morgan fingerprint density at radius 1 is 1.18 bits per heavy atom. The van der Waals surface area contributed by atoms with E-state index in [0.29, 0.717) is 18.4 Å². The first-order valence-corrected chi connectivity index (χ1v) is 13.9. The lowest BCUT2D eigenvalue weighted by molar-refractivity contribution is -0.131. The maximum atomic E-state index is 13.8. The summed E-state index contributed by atoms with van der Waals surface area (Å²) in [6.45, 7) is 13.7. The number of halogens is 1. The van der Waals surface area contributed by atoms with E-state index in [-0.39, 0.29) is 29.5 Å². The Balaban J connectivity index is 1.76. The normalized spacial score (nSPS) is 33.2. The average molecular weight is 501 g/mol. The number of rotatable bonds is 11. The van der Waals surface area contributed by atoms with Crippen molar-refractivity contribution in [1.82, 2.24) is 31.1 Å². The molecule has 3 rings (SSSR count). The van der Waals surface area contributed by atoms with Crippen molar-refractivity contribution in [3.05, 3.63) is 0 Å². The maximum Gasteiger partial charge on any atom is 0.229 e. The fraction of sp³-hybridized carbons (Fsp3) is 0.958. The highest BCUT2D eigenvalue weighted by Gasteiger charge is 2.44. The Hall–Kier alpha value is -0.520. The number of unbranched alkanes of at least 4 members (excludes halogenated alkanes) is 2. The van der Waals surface area contributed by atoms with Gasteiger partial charge in [0.25, 0.3) is 0 Å². The maximum absolute atomic E-state index is 13.8. The summed E-state index contributed by atoms with van der Waals surface area (Å²) in [5.41, 5.74) is 12.5. The van der Waals surface area contributed by atoms with Crippen molar-refractivity contribution in [2.45, 2.75) is 76.2 Å². The molecule has 8 N–H and O–H groups in total. The molecule has 7 unspecified atom stereocenters. The molecule has 3 aliphatic heterocycles. The van der Waals surface area contributed by atoms with Gasteiger partial charge in [0.1, 0.15) is 0 Å². The zero-order valence-corrected chi connectivity index (χ0v) is 22.2. The van der Waals surface area contributed by atoms with Crippen LogP contribution in [0, 0.1) is 17.8 Å². The monoisotopic (exact) mass is 500 g/mol. The largest absolute Gasteiger partial charge is 0.350 e. The zero-order chi connectivity index (χ0) is 24.7. The zero-order valence-electron chi connectivity index (χ0n) is 21.4. The van der Waals surface area contributed by atoms with Crippen LogP contribution in [-0.2, 0) is 4.79 Å². The van der Waals surface area contributed by atoms with E-state index in [1.54, 1.807) is 0 Å². The molecule has 3 heterocycles. The molecule has 0 aromatic rings. The standard InChI is InChI=1S/C24H49ClN8O/c1-4-6-7-9-32-14-17(25)11-30-23(32)20(22(26)27)24(34)31-19-13-29-12-18(16(3)5-2)21(19)33-10-8-28-15-33/h16-23,28-30H,4-15,26-27H2,1-3H3,(H,31,34). The fourth-order valence-corrected chi connectivity index (χ4v) is 6.26. The van der Waals surface area contributed by atoms with Crippen LogP contribution < -0.4 is 32.7 Å². The molecular weight excluding hydrogens is 452 g/mol. The van der Waals surface area contributed by atoms with Gasteiger partial charge in [0.05, 0.1) is 29.7 Å². The number of nitrogens with zero attached hydrogens (tertiary/aromatic N) is 2. The van der Waals surface area contributed by atoms with E-state index >= 15 is 0 Å². The van der Waals surface area contributed by atoms with E-state index in [2.05, 4.69) is 51.8 Å². The highest BCUT2D eigenvalue weighted by atomic mass is 35.5. The summed E-state index contributed by atoms with van der Waals surface area (Å²) in [6, 6.07) is 0.302. The fourth-order valence-electron chi connectivity index (χ4n) is 5.99. The van der Waals surface area contributed by atoms with E-state index in [4.69, 9.17) is 23.1 Å². The molecule has 0 saturated carbocycles. The first-order valence-electron chi connectivity index (χ1n) is 13.5. The minimum Gasteiger partial charge on any atom is -0.350 e. The highest BCUT2D eigenvalue weighted by molar-refractivity contribution is 6.21. The quantitative estimate of drug-likeness (QED) is 0.131. The number of alkyl halides is 1. The summed E-state index contributed by atoms with van der Waals surface area (Å²) in [7, 11) is 0. The minimum absolute atomic E-state index is 0.0132. The number of nitrogens with two attached hydrogens (primary N) is 2. The van der Waals surface area contributed by atoms with Gasteiger partial charge < -0.3 is 27.4 Å². The smallest absolute Gasteiger partial charge is 0.229 e. The average Bonchev–Trinajstić information content (AvgIpc) is 3.34. The van der Waals surface area contributed by atoms with Crippen molar-refractivity contribution in [3.63, 3.8) is 0 Å². The molecule has 0 aromatic carbocycles. The SMILES string of the molecule is CCCCCN1CC(Cl)CNC1C(C(=O)NC1CNCC(C(C)CC)C1N1CCNC1)C(N)N. The summed E-state index contributed by atoms with van der Waals surface area (Å²) in [4.78, 5) is 18.6. The Morgan fingerprint density at radius 3 is 2.62 bits per heavy atom. The molecule has 1 amide bonds. The van der Waals surface area contributed by atoms with Gasteiger partial charge >= 0.3 is 0 Å². The molecule has 3 aliphatic rings. The predicted molar refractivity (Wildman–Crippen MR) is 139 cm³/mol. The molecule has 7 atom stereocenters. The van der Waals surface area contributed by atoms with Gasteiger partial charge in [-0.15, -0.1) is 11.6 Å². The topological polar surface area (TPSA) is 124 Å². The van der Waals surface area contributed by atoms with Crippen LogP contribution in [0.3, 0.4) is 0 Å². The van der Waals surface area contributed by atoms with E-state index < -0.39 is 12.1 Å². The Morgan fingerprint density at radius 2 is 1.97 bits per heavy atom. The lowest BCUT2D eigenvalue weighted by atomic mass is 9.78. The third kappa shape index (κ3) is 7.03. The second kappa shape index (κ2) is 13.7. The van der Waals surface area contributed by atoms with E-state index in [1.807, 2.05) is 0 Å². The number of nitrogens with one attached hydrogen (secondary N) is 4. The van der Waals surface area contributed by atoms with E-state index in [9.17, 15) is 4.79 Å². The summed E-state index contributed by atoms with van der Waals surface area (Å²) < 4.78 is 0. The van der Waals surface area contributed by atoms with Gasteiger partial charge in [-0.05, 0) is 31.3 Å². The number of carbonyl (C=O) groups is 1. The van der Waals surface area contributed by atoms with Crippen molar-refractivity contribution < 1.29 is 4.79 Å².